The summed E-state index contributed by atoms with van der Waals surface area (Å²) in [6.45, 7) is 3.39. The van der Waals surface area contributed by atoms with Crippen molar-refractivity contribution >= 4 is 23.5 Å². The molecule has 0 aromatic heterocycles. The number of ketones is 1. The lowest BCUT2D eigenvalue weighted by Crippen LogP contribution is -2.12. The highest BCUT2D eigenvalue weighted by atomic mass is 32.2. The van der Waals surface area contributed by atoms with Crippen molar-refractivity contribution < 1.29 is 14.3 Å². The Kier molecular flexibility index (Phi) is 3.14. The lowest BCUT2D eigenvalue weighted by Gasteiger charge is -2.01. The van der Waals surface area contributed by atoms with Crippen molar-refractivity contribution in [2.45, 2.75) is 31.6 Å². The SMILES string of the molecule is CC(=O)CSC1CC(C)OC1=O. The minimum absolute atomic E-state index is 0.0157. The number of hydrogen-bond donors (Lipinski definition) is 0. The summed E-state index contributed by atoms with van der Waals surface area (Å²) in [6, 6.07) is 0. The molecule has 12 heavy (non-hydrogen) atoms. The zero-order valence-corrected chi connectivity index (χ0v) is 8.02. The predicted molar refractivity (Wildman–Crippen MR) is 47.1 cm³/mol. The Hall–Kier alpha value is -0.510. The van der Waals surface area contributed by atoms with E-state index in [0.29, 0.717) is 5.75 Å². The molecule has 0 aliphatic carbocycles. The molecule has 68 valence electrons. The summed E-state index contributed by atoms with van der Waals surface area (Å²) >= 11 is 1.38. The van der Waals surface area contributed by atoms with Crippen molar-refractivity contribution in [1.82, 2.24) is 0 Å². The summed E-state index contributed by atoms with van der Waals surface area (Å²) in [6.07, 6.45) is 0.749. The van der Waals surface area contributed by atoms with Crippen molar-refractivity contribution in [1.29, 1.82) is 0 Å². The third-order valence-corrected chi connectivity index (χ3v) is 2.97. The fraction of sp³-hybridized carbons (Fsp3) is 0.750. The summed E-state index contributed by atoms with van der Waals surface area (Å²) in [7, 11) is 0. The molecule has 0 aromatic rings. The van der Waals surface area contributed by atoms with Gasteiger partial charge in [0, 0.05) is 6.42 Å². The van der Waals surface area contributed by atoms with Gasteiger partial charge < -0.3 is 4.74 Å². The van der Waals surface area contributed by atoms with E-state index >= 15 is 0 Å². The molecule has 1 aliphatic rings. The van der Waals surface area contributed by atoms with E-state index in [2.05, 4.69) is 0 Å². The van der Waals surface area contributed by atoms with Gasteiger partial charge in [0.1, 0.15) is 17.1 Å². The first-order valence-electron chi connectivity index (χ1n) is 3.91. The van der Waals surface area contributed by atoms with E-state index in [0.717, 1.165) is 6.42 Å². The van der Waals surface area contributed by atoms with Crippen LogP contribution in [-0.4, -0.2) is 28.9 Å². The van der Waals surface area contributed by atoms with Crippen LogP contribution in [-0.2, 0) is 14.3 Å². The third-order valence-electron chi connectivity index (χ3n) is 1.61. The Morgan fingerprint density at radius 3 is 2.83 bits per heavy atom. The first-order chi connectivity index (χ1) is 5.59. The second-order valence-electron chi connectivity index (χ2n) is 2.98. The molecule has 1 aliphatic heterocycles. The molecule has 1 fully saturated rings. The molecular weight excluding hydrogens is 176 g/mol. The topological polar surface area (TPSA) is 43.4 Å². The highest BCUT2D eigenvalue weighted by molar-refractivity contribution is 8.01. The lowest BCUT2D eigenvalue weighted by molar-refractivity contribution is -0.140. The van der Waals surface area contributed by atoms with Gasteiger partial charge in [0.25, 0.3) is 0 Å². The maximum Gasteiger partial charge on any atom is 0.319 e. The first-order valence-corrected chi connectivity index (χ1v) is 4.96. The average Bonchev–Trinajstić information content (AvgIpc) is 2.26. The summed E-state index contributed by atoms with van der Waals surface area (Å²) in [4.78, 5) is 21.7. The number of thioether (sulfide) groups is 1. The zero-order valence-electron chi connectivity index (χ0n) is 7.20. The lowest BCUT2D eigenvalue weighted by atomic mass is 10.3. The van der Waals surface area contributed by atoms with Crippen LogP contribution in [0.25, 0.3) is 0 Å². The van der Waals surface area contributed by atoms with E-state index in [4.69, 9.17) is 4.74 Å². The number of carbonyl (C=O) groups is 2. The minimum Gasteiger partial charge on any atom is -0.462 e. The molecule has 1 saturated heterocycles. The molecule has 2 unspecified atom stereocenters. The van der Waals surface area contributed by atoms with E-state index in [9.17, 15) is 9.59 Å². The Labute approximate surface area is 75.8 Å². The first kappa shape index (κ1) is 9.58. The molecule has 2 atom stereocenters. The number of cyclic esters (lactones) is 1. The van der Waals surface area contributed by atoms with Crippen LogP contribution in [0.2, 0.25) is 0 Å². The molecule has 0 spiro atoms. The van der Waals surface area contributed by atoms with Gasteiger partial charge in [-0.3, -0.25) is 9.59 Å². The van der Waals surface area contributed by atoms with Crippen LogP contribution in [0.4, 0.5) is 0 Å². The molecule has 0 radical (unpaired) electrons. The highest BCUT2D eigenvalue weighted by Crippen LogP contribution is 2.25. The Balaban J connectivity index is 2.33. The predicted octanol–water partition coefficient (Wildman–Crippen LogP) is 1.01. The van der Waals surface area contributed by atoms with Gasteiger partial charge in [-0.2, -0.15) is 0 Å². The van der Waals surface area contributed by atoms with E-state index < -0.39 is 0 Å². The zero-order chi connectivity index (χ0) is 9.14. The number of rotatable bonds is 3. The maximum absolute atomic E-state index is 11.0. The number of Topliss-reactive ketones (excluding diaryl/α,β-unsaturated/α-hetero) is 1. The van der Waals surface area contributed by atoms with Crippen LogP contribution >= 0.6 is 11.8 Å². The molecule has 0 aromatic carbocycles. The molecule has 0 saturated carbocycles. The second kappa shape index (κ2) is 3.94. The van der Waals surface area contributed by atoms with E-state index in [1.807, 2.05) is 6.92 Å². The quantitative estimate of drug-likeness (QED) is 0.620. The molecule has 3 nitrogen and oxygen atoms in total. The van der Waals surface area contributed by atoms with Gasteiger partial charge in [-0.25, -0.2) is 0 Å². The Morgan fingerprint density at radius 1 is 1.75 bits per heavy atom. The average molecular weight is 188 g/mol. The number of carbonyl (C=O) groups excluding carboxylic acids is 2. The van der Waals surface area contributed by atoms with Crippen molar-refractivity contribution in [2.24, 2.45) is 0 Å². The smallest absolute Gasteiger partial charge is 0.319 e. The van der Waals surface area contributed by atoms with Gasteiger partial charge in [-0.1, -0.05) is 0 Å². The van der Waals surface area contributed by atoms with E-state index in [1.165, 1.54) is 18.7 Å². The summed E-state index contributed by atoms with van der Waals surface area (Å²) in [5, 5.41) is -0.121. The molecule has 4 heteroatoms. The van der Waals surface area contributed by atoms with Crippen LogP contribution in [0.3, 0.4) is 0 Å². The fourth-order valence-corrected chi connectivity index (χ4v) is 2.11. The van der Waals surface area contributed by atoms with Gasteiger partial charge in [0.05, 0.1) is 5.75 Å². The Bertz CT molecular complexity index is 202. The van der Waals surface area contributed by atoms with E-state index in [1.54, 1.807) is 0 Å². The fourth-order valence-electron chi connectivity index (χ4n) is 1.07. The molecule has 1 rings (SSSR count). The van der Waals surface area contributed by atoms with Crippen molar-refractivity contribution in [3.8, 4) is 0 Å². The van der Waals surface area contributed by atoms with Crippen molar-refractivity contribution in [2.75, 3.05) is 5.75 Å². The van der Waals surface area contributed by atoms with Crippen LogP contribution in [0.5, 0.6) is 0 Å². The molecule has 0 bridgehead atoms. The minimum atomic E-state index is -0.172. The molecule has 1 heterocycles. The summed E-state index contributed by atoms with van der Waals surface area (Å²) < 4.78 is 4.94. The second-order valence-corrected chi connectivity index (χ2v) is 4.18. The van der Waals surface area contributed by atoms with Gasteiger partial charge >= 0.3 is 5.97 Å². The van der Waals surface area contributed by atoms with Gasteiger partial charge in [0.15, 0.2) is 0 Å². The van der Waals surface area contributed by atoms with Crippen LogP contribution < -0.4 is 0 Å². The summed E-state index contributed by atoms with van der Waals surface area (Å²) in [5.41, 5.74) is 0. The van der Waals surface area contributed by atoms with Crippen molar-refractivity contribution in [3.63, 3.8) is 0 Å². The van der Waals surface area contributed by atoms with Crippen LogP contribution in [0.15, 0.2) is 0 Å². The maximum atomic E-state index is 11.0. The van der Waals surface area contributed by atoms with Gasteiger partial charge in [-0.05, 0) is 13.8 Å². The standard InChI is InChI=1S/C8H12O3S/c1-5(9)4-12-7-3-6(2)11-8(7)10/h6-7H,3-4H2,1-2H3. The number of esters is 1. The largest absolute Gasteiger partial charge is 0.462 e. The molecular formula is C8H12O3S. The van der Waals surface area contributed by atoms with E-state index in [-0.39, 0.29) is 23.1 Å². The monoisotopic (exact) mass is 188 g/mol. The Morgan fingerprint density at radius 2 is 2.42 bits per heavy atom. The number of ether oxygens (including phenoxy) is 1. The van der Waals surface area contributed by atoms with Gasteiger partial charge in [-0.15, -0.1) is 11.8 Å². The van der Waals surface area contributed by atoms with Crippen LogP contribution in [0, 0.1) is 0 Å². The third kappa shape index (κ3) is 2.52. The van der Waals surface area contributed by atoms with Crippen LogP contribution in [0.1, 0.15) is 20.3 Å². The van der Waals surface area contributed by atoms with Gasteiger partial charge in [0.2, 0.25) is 0 Å². The normalized spacial score (nSPS) is 28.7. The molecule has 0 N–H and O–H groups in total. The van der Waals surface area contributed by atoms with Crippen molar-refractivity contribution in [3.05, 3.63) is 0 Å². The highest BCUT2D eigenvalue weighted by Gasteiger charge is 2.32. The number of hydrogen-bond acceptors (Lipinski definition) is 4. The summed E-state index contributed by atoms with van der Waals surface area (Å²) in [5.74, 6) is 0.341. The molecule has 0 amide bonds.